The van der Waals surface area contributed by atoms with Gasteiger partial charge in [-0.25, -0.2) is 0 Å². The van der Waals surface area contributed by atoms with Crippen molar-refractivity contribution < 1.29 is 5.01 Å². The molecule has 0 aliphatic carbocycles. The Morgan fingerprint density at radius 2 is 2.06 bits per heavy atom. The van der Waals surface area contributed by atoms with Crippen molar-refractivity contribution in [3.05, 3.63) is 47.1 Å². The zero-order valence-electron chi connectivity index (χ0n) is 10.7. The van der Waals surface area contributed by atoms with Crippen LogP contribution >= 0.6 is 0 Å². The molecule has 0 bridgehead atoms. The molecule has 1 N–H and O–H groups in total. The summed E-state index contributed by atoms with van der Waals surface area (Å²) in [7, 11) is 2.00. The summed E-state index contributed by atoms with van der Waals surface area (Å²) in [6, 6.07) is 8.75. The van der Waals surface area contributed by atoms with Crippen molar-refractivity contribution in [2.75, 3.05) is 13.6 Å². The van der Waals surface area contributed by atoms with E-state index in [0.717, 1.165) is 13.0 Å². The Morgan fingerprint density at radius 1 is 1.29 bits per heavy atom. The van der Waals surface area contributed by atoms with Crippen LogP contribution in [-0.2, 0) is 5.41 Å². The molecule has 1 unspecified atom stereocenters. The van der Waals surface area contributed by atoms with Gasteiger partial charge in [-0.05, 0) is 24.1 Å². The standard InChI is InChI=1S/C14H19N3/c1-14(2)8-9-17-13(10-16(3)15-17)11-6-4-5-7-12(11)14/h4-7,10,17H,8-9H2,1-3H3. The van der Waals surface area contributed by atoms with E-state index < -0.39 is 0 Å². The molecular weight excluding hydrogens is 210 g/mol. The predicted octanol–water partition coefficient (Wildman–Crippen LogP) is 1.70. The third-order valence-corrected chi connectivity index (χ3v) is 3.84. The molecule has 1 aromatic rings. The first kappa shape index (κ1) is 10.8. The fraction of sp³-hybridized carbons (Fsp3) is 0.429. The van der Waals surface area contributed by atoms with Crippen molar-refractivity contribution in [3.8, 4) is 0 Å². The monoisotopic (exact) mass is 229 g/mol. The number of rotatable bonds is 0. The first-order valence-electron chi connectivity index (χ1n) is 6.20. The Kier molecular flexibility index (Phi) is 2.28. The minimum atomic E-state index is 0.239. The third-order valence-electron chi connectivity index (χ3n) is 3.84. The molecule has 0 saturated heterocycles. The molecule has 3 rings (SSSR count). The SMILES string of the molecule is CN1C=C2c3ccccc3C(C)(C)CC[NH+]2[N-]1. The van der Waals surface area contributed by atoms with Crippen LogP contribution in [-0.4, -0.2) is 18.6 Å². The normalized spacial score (nSPS) is 25.9. The molecule has 17 heavy (non-hydrogen) atoms. The summed E-state index contributed by atoms with van der Waals surface area (Å²) in [6.45, 7) is 5.73. The van der Waals surface area contributed by atoms with E-state index in [1.165, 1.54) is 21.8 Å². The van der Waals surface area contributed by atoms with Crippen molar-refractivity contribution in [1.29, 1.82) is 0 Å². The van der Waals surface area contributed by atoms with E-state index >= 15 is 0 Å². The van der Waals surface area contributed by atoms with Gasteiger partial charge in [0, 0.05) is 18.2 Å². The smallest absolute Gasteiger partial charge is 0.145 e. The Morgan fingerprint density at radius 3 is 2.88 bits per heavy atom. The van der Waals surface area contributed by atoms with Gasteiger partial charge in [-0.2, -0.15) is 0 Å². The van der Waals surface area contributed by atoms with Crippen LogP contribution in [0.4, 0.5) is 0 Å². The highest BCUT2D eigenvalue weighted by molar-refractivity contribution is 5.64. The topological polar surface area (TPSA) is 21.8 Å². The second-order valence-electron chi connectivity index (χ2n) is 5.59. The molecule has 1 aromatic carbocycles. The highest BCUT2D eigenvalue weighted by Crippen LogP contribution is 2.34. The van der Waals surface area contributed by atoms with E-state index in [2.05, 4.69) is 49.8 Å². The molecule has 90 valence electrons. The number of hydrogen-bond acceptors (Lipinski definition) is 1. The van der Waals surface area contributed by atoms with E-state index in [1.807, 2.05) is 12.1 Å². The number of fused-ring (bicyclic) bond motifs is 3. The number of hydrogen-bond donors (Lipinski definition) is 1. The van der Waals surface area contributed by atoms with Gasteiger partial charge in [-0.15, -0.1) is 0 Å². The largest absolute Gasteiger partial charge is 0.429 e. The van der Waals surface area contributed by atoms with Gasteiger partial charge in [0.25, 0.3) is 0 Å². The molecule has 3 nitrogen and oxygen atoms in total. The van der Waals surface area contributed by atoms with Crippen LogP contribution in [0, 0.1) is 0 Å². The van der Waals surface area contributed by atoms with Crippen molar-refractivity contribution in [1.82, 2.24) is 5.01 Å². The van der Waals surface area contributed by atoms with Crippen molar-refractivity contribution in [2.45, 2.75) is 25.7 Å². The molecule has 0 saturated carbocycles. The lowest BCUT2D eigenvalue weighted by Crippen LogP contribution is -3.04. The summed E-state index contributed by atoms with van der Waals surface area (Å²) >= 11 is 0. The molecular formula is C14H19N3. The molecule has 2 aliphatic heterocycles. The Labute approximate surface area is 103 Å². The molecule has 3 heteroatoms. The predicted molar refractivity (Wildman–Crippen MR) is 69.0 cm³/mol. The van der Waals surface area contributed by atoms with Crippen LogP contribution < -0.4 is 5.01 Å². The number of nitrogens with one attached hydrogen (secondary N) is 1. The van der Waals surface area contributed by atoms with Crippen LogP contribution in [0.5, 0.6) is 0 Å². The van der Waals surface area contributed by atoms with Crippen LogP contribution in [0.3, 0.4) is 0 Å². The summed E-state index contributed by atoms with van der Waals surface area (Å²) in [5.41, 5.74) is 8.95. The number of quaternary nitrogens is 1. The maximum Gasteiger partial charge on any atom is 0.145 e. The molecule has 0 aromatic heterocycles. The van der Waals surface area contributed by atoms with Gasteiger partial charge in [0.2, 0.25) is 0 Å². The highest BCUT2D eigenvalue weighted by Gasteiger charge is 2.33. The van der Waals surface area contributed by atoms with Crippen molar-refractivity contribution in [2.24, 2.45) is 0 Å². The van der Waals surface area contributed by atoms with Crippen LogP contribution in [0.25, 0.3) is 11.2 Å². The second-order valence-corrected chi connectivity index (χ2v) is 5.59. The number of benzene rings is 1. The quantitative estimate of drug-likeness (QED) is 0.718. The van der Waals surface area contributed by atoms with E-state index in [1.54, 1.807) is 0 Å². The van der Waals surface area contributed by atoms with E-state index in [0.29, 0.717) is 0 Å². The average molecular weight is 229 g/mol. The van der Waals surface area contributed by atoms with Crippen LogP contribution in [0.1, 0.15) is 31.4 Å². The molecule has 0 fully saturated rings. The maximum absolute atomic E-state index is 4.59. The average Bonchev–Trinajstić information content (AvgIpc) is 2.64. The van der Waals surface area contributed by atoms with Crippen LogP contribution in [0.2, 0.25) is 0 Å². The molecule has 1 atom stereocenters. The molecule has 0 amide bonds. The Hall–Kier alpha value is -1.32. The summed E-state index contributed by atoms with van der Waals surface area (Å²) in [6.07, 6.45) is 3.31. The molecule has 2 aliphatic rings. The first-order valence-corrected chi connectivity index (χ1v) is 6.20. The van der Waals surface area contributed by atoms with Gasteiger partial charge in [0.1, 0.15) is 5.70 Å². The fourth-order valence-electron chi connectivity index (χ4n) is 2.82. The lowest BCUT2D eigenvalue weighted by molar-refractivity contribution is -0.787. The van der Waals surface area contributed by atoms with Gasteiger partial charge < -0.3 is 15.6 Å². The van der Waals surface area contributed by atoms with Crippen molar-refractivity contribution >= 4 is 5.70 Å². The van der Waals surface area contributed by atoms with Gasteiger partial charge in [-0.1, -0.05) is 32.0 Å². The Bertz CT molecular complexity index is 476. The van der Waals surface area contributed by atoms with Gasteiger partial charge in [0.15, 0.2) is 0 Å². The fourth-order valence-corrected chi connectivity index (χ4v) is 2.82. The molecule has 2 heterocycles. The highest BCUT2D eigenvalue weighted by atomic mass is 15.8. The Balaban J connectivity index is 2.18. The lowest BCUT2D eigenvalue weighted by Gasteiger charge is -2.30. The minimum absolute atomic E-state index is 0.239. The summed E-state index contributed by atoms with van der Waals surface area (Å²) in [4.78, 5) is 0. The molecule has 0 spiro atoms. The van der Waals surface area contributed by atoms with Crippen molar-refractivity contribution in [3.63, 3.8) is 0 Å². The zero-order valence-corrected chi connectivity index (χ0v) is 10.7. The zero-order chi connectivity index (χ0) is 12.0. The summed E-state index contributed by atoms with van der Waals surface area (Å²) in [5.74, 6) is 0. The van der Waals surface area contributed by atoms with Gasteiger partial charge in [-0.3, -0.25) is 0 Å². The minimum Gasteiger partial charge on any atom is -0.429 e. The number of nitrogens with zero attached hydrogens (tertiary/aromatic N) is 2. The summed E-state index contributed by atoms with van der Waals surface area (Å²) in [5, 5.41) is 3.17. The summed E-state index contributed by atoms with van der Waals surface area (Å²) < 4.78 is 0. The lowest BCUT2D eigenvalue weighted by atomic mass is 9.79. The maximum atomic E-state index is 4.59. The second kappa shape index (κ2) is 3.59. The van der Waals surface area contributed by atoms with E-state index in [-0.39, 0.29) is 5.41 Å². The van der Waals surface area contributed by atoms with Crippen LogP contribution in [0.15, 0.2) is 30.5 Å². The van der Waals surface area contributed by atoms with Gasteiger partial charge in [0.05, 0.1) is 6.54 Å². The van der Waals surface area contributed by atoms with E-state index in [4.69, 9.17) is 0 Å². The van der Waals surface area contributed by atoms with E-state index in [9.17, 15) is 0 Å². The first-order chi connectivity index (χ1) is 8.08. The third kappa shape index (κ3) is 1.66. The van der Waals surface area contributed by atoms with Gasteiger partial charge >= 0.3 is 0 Å². The molecule has 0 radical (unpaired) electrons.